The van der Waals surface area contributed by atoms with Gasteiger partial charge in [-0.2, -0.15) is 0 Å². The summed E-state index contributed by atoms with van der Waals surface area (Å²) in [5.41, 5.74) is 5.24. The van der Waals surface area contributed by atoms with E-state index in [-0.39, 0.29) is 12.1 Å². The van der Waals surface area contributed by atoms with Gasteiger partial charge in [-0.25, -0.2) is 4.79 Å². The summed E-state index contributed by atoms with van der Waals surface area (Å²) in [6.45, 7) is 10.4. The average molecular weight is 286 g/mol. The number of alkyl carbamates (subject to hydrolysis) is 1. The number of nitrogens with one attached hydrogen (secondary N) is 1. The van der Waals surface area contributed by atoms with E-state index in [0.717, 1.165) is 13.0 Å². The zero-order valence-electron chi connectivity index (χ0n) is 13.9. The molecule has 0 aromatic heterocycles. The molecule has 0 aliphatic carbocycles. The average Bonchev–Trinajstić information content (AvgIpc) is 2.30. The summed E-state index contributed by atoms with van der Waals surface area (Å²) in [5.74, 6) is 0.806. The Hall–Kier alpha value is -1.46. The fourth-order valence-corrected chi connectivity index (χ4v) is 1.65. The monoisotopic (exact) mass is 286 g/mol. The molecule has 0 radical (unpaired) electrons. The molecular formula is C14H30N4O2. The van der Waals surface area contributed by atoms with Crippen molar-refractivity contribution < 1.29 is 9.53 Å². The maximum Gasteiger partial charge on any atom is 0.407 e. The fraction of sp³-hybridized carbons (Fsp3) is 0.857. The molecular weight excluding hydrogens is 256 g/mol. The molecule has 0 aromatic carbocycles. The number of guanidine groups is 1. The first-order chi connectivity index (χ1) is 9.06. The third-order valence-electron chi connectivity index (χ3n) is 2.90. The van der Waals surface area contributed by atoms with Gasteiger partial charge in [-0.05, 0) is 33.1 Å². The van der Waals surface area contributed by atoms with Crippen LogP contribution < -0.4 is 11.1 Å². The van der Waals surface area contributed by atoms with Crippen LogP contribution in [0.15, 0.2) is 4.99 Å². The summed E-state index contributed by atoms with van der Waals surface area (Å²) in [7, 11) is 3.54. The summed E-state index contributed by atoms with van der Waals surface area (Å²) >= 11 is 0. The number of aliphatic imine (C=N–C) groups is 1. The van der Waals surface area contributed by atoms with Gasteiger partial charge in [0.25, 0.3) is 0 Å². The maximum absolute atomic E-state index is 11.8. The minimum absolute atomic E-state index is 0.0388. The highest BCUT2D eigenvalue weighted by molar-refractivity contribution is 5.77. The second kappa shape index (κ2) is 7.97. The van der Waals surface area contributed by atoms with E-state index in [2.05, 4.69) is 24.2 Å². The molecule has 0 bridgehead atoms. The van der Waals surface area contributed by atoms with E-state index in [4.69, 9.17) is 10.5 Å². The van der Waals surface area contributed by atoms with Gasteiger partial charge in [0.1, 0.15) is 5.60 Å². The second-order valence-corrected chi connectivity index (χ2v) is 6.29. The number of nitrogens with two attached hydrogens (primary N) is 1. The Kier molecular flexibility index (Phi) is 7.39. The molecule has 1 unspecified atom stereocenters. The summed E-state index contributed by atoms with van der Waals surface area (Å²) in [4.78, 5) is 17.6. The fourth-order valence-electron chi connectivity index (χ4n) is 1.65. The number of rotatable bonds is 5. The van der Waals surface area contributed by atoms with Gasteiger partial charge < -0.3 is 20.7 Å². The van der Waals surface area contributed by atoms with Crippen LogP contribution in [-0.2, 0) is 4.74 Å². The lowest BCUT2D eigenvalue weighted by atomic mass is 10.0. The zero-order chi connectivity index (χ0) is 15.9. The van der Waals surface area contributed by atoms with Crippen LogP contribution in [0, 0.1) is 5.92 Å². The molecule has 3 N–H and O–H groups in total. The Morgan fingerprint density at radius 1 is 1.40 bits per heavy atom. The normalized spacial score (nSPS) is 14.1. The summed E-state index contributed by atoms with van der Waals surface area (Å²) in [6, 6.07) is 0.0388. The molecule has 0 rings (SSSR count). The van der Waals surface area contributed by atoms with Gasteiger partial charge in [0.15, 0.2) is 5.96 Å². The topological polar surface area (TPSA) is 80.0 Å². The third kappa shape index (κ3) is 7.86. The molecule has 0 aromatic rings. The predicted molar refractivity (Wildman–Crippen MR) is 82.8 cm³/mol. The van der Waals surface area contributed by atoms with Crippen LogP contribution in [0.1, 0.15) is 41.0 Å². The first-order valence-corrected chi connectivity index (χ1v) is 6.99. The SMILES string of the molecule is CN=C(N)N(C)CCC(NC(=O)OC(C)(C)C)C(C)C. The van der Waals surface area contributed by atoms with Crippen LogP contribution in [0.25, 0.3) is 0 Å². The Morgan fingerprint density at radius 2 is 1.95 bits per heavy atom. The number of hydrogen-bond acceptors (Lipinski definition) is 3. The lowest BCUT2D eigenvalue weighted by molar-refractivity contribution is 0.0486. The predicted octanol–water partition coefficient (Wildman–Crippen LogP) is 1.80. The van der Waals surface area contributed by atoms with Crippen LogP contribution in [0.4, 0.5) is 4.79 Å². The van der Waals surface area contributed by atoms with Gasteiger partial charge in [-0.15, -0.1) is 0 Å². The van der Waals surface area contributed by atoms with Crippen molar-refractivity contribution in [3.05, 3.63) is 0 Å². The van der Waals surface area contributed by atoms with Crippen LogP contribution >= 0.6 is 0 Å². The minimum Gasteiger partial charge on any atom is -0.444 e. The van der Waals surface area contributed by atoms with E-state index in [1.165, 1.54) is 0 Å². The number of hydrogen-bond donors (Lipinski definition) is 2. The molecule has 1 amide bonds. The van der Waals surface area contributed by atoms with Crippen LogP contribution in [0.5, 0.6) is 0 Å². The summed E-state index contributed by atoms with van der Waals surface area (Å²) in [5, 5.41) is 2.92. The van der Waals surface area contributed by atoms with Crippen molar-refractivity contribution in [2.75, 3.05) is 20.6 Å². The first-order valence-electron chi connectivity index (χ1n) is 6.99. The van der Waals surface area contributed by atoms with Gasteiger partial charge in [0, 0.05) is 26.7 Å². The largest absolute Gasteiger partial charge is 0.444 e. The van der Waals surface area contributed by atoms with E-state index in [9.17, 15) is 4.79 Å². The molecule has 0 aliphatic rings. The van der Waals surface area contributed by atoms with E-state index >= 15 is 0 Å². The quantitative estimate of drug-likeness (QED) is 0.596. The molecule has 0 saturated heterocycles. The smallest absolute Gasteiger partial charge is 0.407 e. The Balaban J connectivity index is 4.42. The molecule has 6 nitrogen and oxygen atoms in total. The summed E-state index contributed by atoms with van der Waals surface area (Å²) < 4.78 is 5.28. The van der Waals surface area contributed by atoms with Crippen LogP contribution in [0.2, 0.25) is 0 Å². The molecule has 0 aliphatic heterocycles. The van der Waals surface area contributed by atoms with Crippen molar-refractivity contribution >= 4 is 12.1 Å². The Bertz CT molecular complexity index is 335. The lowest BCUT2D eigenvalue weighted by Gasteiger charge is -2.27. The van der Waals surface area contributed by atoms with Gasteiger partial charge in [-0.3, -0.25) is 4.99 Å². The van der Waals surface area contributed by atoms with Crippen molar-refractivity contribution in [3.63, 3.8) is 0 Å². The van der Waals surface area contributed by atoms with E-state index in [1.54, 1.807) is 7.05 Å². The Morgan fingerprint density at radius 3 is 2.35 bits per heavy atom. The molecule has 0 fully saturated rings. The van der Waals surface area contributed by atoms with Gasteiger partial charge in [-0.1, -0.05) is 13.8 Å². The van der Waals surface area contributed by atoms with Crippen LogP contribution in [-0.4, -0.2) is 49.2 Å². The highest BCUT2D eigenvalue weighted by Gasteiger charge is 2.21. The van der Waals surface area contributed by atoms with Crippen molar-refractivity contribution in [1.29, 1.82) is 0 Å². The molecule has 6 heteroatoms. The number of amides is 1. The van der Waals surface area contributed by atoms with Crippen molar-refractivity contribution in [2.24, 2.45) is 16.6 Å². The van der Waals surface area contributed by atoms with Crippen molar-refractivity contribution in [1.82, 2.24) is 10.2 Å². The molecule has 20 heavy (non-hydrogen) atoms. The zero-order valence-corrected chi connectivity index (χ0v) is 13.9. The molecule has 0 spiro atoms. The van der Waals surface area contributed by atoms with E-state index in [0.29, 0.717) is 11.9 Å². The Labute approximate surface area is 122 Å². The lowest BCUT2D eigenvalue weighted by Crippen LogP contribution is -2.44. The minimum atomic E-state index is -0.484. The van der Waals surface area contributed by atoms with E-state index < -0.39 is 5.60 Å². The number of carbonyl (C=O) groups is 1. The molecule has 0 saturated carbocycles. The third-order valence-corrected chi connectivity index (χ3v) is 2.90. The molecule has 118 valence electrons. The van der Waals surface area contributed by atoms with Gasteiger partial charge >= 0.3 is 6.09 Å². The van der Waals surface area contributed by atoms with Crippen molar-refractivity contribution in [3.8, 4) is 0 Å². The number of nitrogens with zero attached hydrogens (tertiary/aromatic N) is 2. The van der Waals surface area contributed by atoms with Gasteiger partial charge in [0.05, 0.1) is 0 Å². The molecule has 0 heterocycles. The van der Waals surface area contributed by atoms with Crippen molar-refractivity contribution in [2.45, 2.75) is 52.7 Å². The number of carbonyl (C=O) groups excluding carboxylic acids is 1. The van der Waals surface area contributed by atoms with Crippen LogP contribution in [0.3, 0.4) is 0 Å². The van der Waals surface area contributed by atoms with Gasteiger partial charge in [0.2, 0.25) is 0 Å². The maximum atomic E-state index is 11.8. The number of ether oxygens (including phenoxy) is 1. The second-order valence-electron chi connectivity index (χ2n) is 6.29. The van der Waals surface area contributed by atoms with E-state index in [1.807, 2.05) is 32.7 Å². The summed E-state index contributed by atoms with van der Waals surface area (Å²) in [6.07, 6.45) is 0.403. The molecule has 1 atom stereocenters. The highest BCUT2D eigenvalue weighted by Crippen LogP contribution is 2.11. The first kappa shape index (κ1) is 18.5. The highest BCUT2D eigenvalue weighted by atomic mass is 16.6. The standard InChI is InChI=1S/C14H30N4O2/c1-10(2)11(8-9-18(7)12(15)16-6)17-13(19)20-14(3,4)5/h10-11H,8-9H2,1-7H3,(H2,15,16)(H,17,19).